The van der Waals surface area contributed by atoms with E-state index in [2.05, 4.69) is 91.5 Å². The molecule has 0 bridgehead atoms. The molecule has 0 heterocycles. The number of rotatable bonds is 6. The van der Waals surface area contributed by atoms with Crippen LogP contribution in [0.15, 0.2) is 72.8 Å². The third-order valence-electron chi connectivity index (χ3n) is 4.38. The number of hydrogen-bond donors (Lipinski definition) is 1. The zero-order valence-corrected chi connectivity index (χ0v) is 15.1. The molecule has 2 N–H and O–H groups in total. The molecule has 0 spiro atoms. The SMILES string of the molecule is Cc1cccc(N(c2ccc(CCCN)cc2)c2cccc(C)c2)c1. The Hall–Kier alpha value is -2.58. The summed E-state index contributed by atoms with van der Waals surface area (Å²) in [5, 5.41) is 0. The second kappa shape index (κ2) is 8.00. The van der Waals surface area contributed by atoms with Gasteiger partial charge < -0.3 is 10.6 Å². The topological polar surface area (TPSA) is 29.3 Å². The molecule has 0 aliphatic rings. The van der Waals surface area contributed by atoms with Gasteiger partial charge >= 0.3 is 0 Å². The number of anilines is 3. The highest BCUT2D eigenvalue weighted by Crippen LogP contribution is 2.35. The van der Waals surface area contributed by atoms with Gasteiger partial charge in [0.15, 0.2) is 0 Å². The van der Waals surface area contributed by atoms with Crippen molar-refractivity contribution >= 4 is 17.1 Å². The van der Waals surface area contributed by atoms with Crippen molar-refractivity contribution in [2.75, 3.05) is 11.4 Å². The van der Waals surface area contributed by atoms with Crippen molar-refractivity contribution in [2.45, 2.75) is 26.7 Å². The van der Waals surface area contributed by atoms with Gasteiger partial charge in [-0.15, -0.1) is 0 Å². The molecule has 0 saturated heterocycles. The molecular formula is C23H26N2. The van der Waals surface area contributed by atoms with Crippen molar-refractivity contribution in [1.82, 2.24) is 0 Å². The van der Waals surface area contributed by atoms with Gasteiger partial charge in [-0.1, -0.05) is 36.4 Å². The van der Waals surface area contributed by atoms with E-state index >= 15 is 0 Å². The standard InChI is InChI=1S/C23H26N2/c1-18-6-3-9-22(16-18)25(23-10-4-7-19(2)17-23)21-13-11-20(12-14-21)8-5-15-24/h3-4,6-7,9-14,16-17H,5,8,15,24H2,1-2H3. The van der Waals surface area contributed by atoms with Crippen molar-refractivity contribution in [2.24, 2.45) is 5.73 Å². The first kappa shape index (κ1) is 17.2. The van der Waals surface area contributed by atoms with Crippen molar-refractivity contribution in [3.05, 3.63) is 89.5 Å². The molecule has 0 aliphatic heterocycles. The second-order valence-corrected chi connectivity index (χ2v) is 6.57. The van der Waals surface area contributed by atoms with Gasteiger partial charge in [0, 0.05) is 17.1 Å². The van der Waals surface area contributed by atoms with E-state index < -0.39 is 0 Å². The van der Waals surface area contributed by atoms with Crippen LogP contribution in [-0.2, 0) is 6.42 Å². The van der Waals surface area contributed by atoms with Gasteiger partial charge in [-0.05, 0) is 86.3 Å². The Bertz CT molecular complexity index is 776. The molecular weight excluding hydrogens is 304 g/mol. The fourth-order valence-corrected chi connectivity index (χ4v) is 3.10. The molecule has 0 fully saturated rings. The van der Waals surface area contributed by atoms with E-state index in [1.54, 1.807) is 0 Å². The maximum absolute atomic E-state index is 5.63. The van der Waals surface area contributed by atoms with Gasteiger partial charge in [-0.3, -0.25) is 0 Å². The van der Waals surface area contributed by atoms with Crippen LogP contribution in [0.5, 0.6) is 0 Å². The summed E-state index contributed by atoms with van der Waals surface area (Å²) in [5.41, 5.74) is 13.0. The highest BCUT2D eigenvalue weighted by atomic mass is 15.1. The molecule has 25 heavy (non-hydrogen) atoms. The van der Waals surface area contributed by atoms with E-state index in [4.69, 9.17) is 5.73 Å². The largest absolute Gasteiger partial charge is 0.330 e. The Morgan fingerprint density at radius 3 is 1.76 bits per heavy atom. The second-order valence-electron chi connectivity index (χ2n) is 6.57. The molecule has 0 atom stereocenters. The fraction of sp³-hybridized carbons (Fsp3) is 0.217. The summed E-state index contributed by atoms with van der Waals surface area (Å²) in [6.07, 6.45) is 2.06. The Labute approximate surface area is 150 Å². The molecule has 3 rings (SSSR count). The van der Waals surface area contributed by atoms with Crippen LogP contribution in [0, 0.1) is 13.8 Å². The maximum Gasteiger partial charge on any atom is 0.0464 e. The zero-order valence-electron chi connectivity index (χ0n) is 15.1. The fourth-order valence-electron chi connectivity index (χ4n) is 3.10. The molecule has 2 heteroatoms. The van der Waals surface area contributed by atoms with E-state index in [0.717, 1.165) is 19.4 Å². The van der Waals surface area contributed by atoms with Crippen LogP contribution in [0.4, 0.5) is 17.1 Å². The van der Waals surface area contributed by atoms with Crippen LogP contribution < -0.4 is 10.6 Å². The van der Waals surface area contributed by atoms with Gasteiger partial charge in [0.05, 0.1) is 0 Å². The van der Waals surface area contributed by atoms with E-state index in [-0.39, 0.29) is 0 Å². The zero-order chi connectivity index (χ0) is 17.6. The average molecular weight is 330 g/mol. The predicted octanol–water partition coefficient (Wildman–Crippen LogP) is 5.66. The molecule has 0 aliphatic carbocycles. The van der Waals surface area contributed by atoms with Crippen LogP contribution in [0.1, 0.15) is 23.1 Å². The van der Waals surface area contributed by atoms with Gasteiger partial charge in [0.25, 0.3) is 0 Å². The minimum Gasteiger partial charge on any atom is -0.330 e. The molecule has 2 nitrogen and oxygen atoms in total. The minimum atomic E-state index is 0.737. The molecule has 0 radical (unpaired) electrons. The Morgan fingerprint density at radius 1 is 0.720 bits per heavy atom. The van der Waals surface area contributed by atoms with Gasteiger partial charge in [-0.2, -0.15) is 0 Å². The Morgan fingerprint density at radius 2 is 1.28 bits per heavy atom. The summed E-state index contributed by atoms with van der Waals surface area (Å²) in [6.45, 7) is 5.00. The average Bonchev–Trinajstić information content (AvgIpc) is 2.61. The lowest BCUT2D eigenvalue weighted by Gasteiger charge is -2.26. The Kier molecular flexibility index (Phi) is 5.52. The van der Waals surface area contributed by atoms with Crippen LogP contribution in [-0.4, -0.2) is 6.54 Å². The highest BCUT2D eigenvalue weighted by molar-refractivity contribution is 5.77. The first-order valence-electron chi connectivity index (χ1n) is 8.90. The van der Waals surface area contributed by atoms with Crippen LogP contribution in [0.3, 0.4) is 0 Å². The van der Waals surface area contributed by atoms with Crippen molar-refractivity contribution < 1.29 is 0 Å². The lowest BCUT2D eigenvalue weighted by Crippen LogP contribution is -2.10. The summed E-state index contributed by atoms with van der Waals surface area (Å²) in [6, 6.07) is 26.1. The summed E-state index contributed by atoms with van der Waals surface area (Å²) >= 11 is 0. The van der Waals surface area contributed by atoms with E-state index in [0.29, 0.717) is 0 Å². The number of nitrogens with two attached hydrogens (primary N) is 1. The van der Waals surface area contributed by atoms with Crippen LogP contribution in [0.25, 0.3) is 0 Å². The van der Waals surface area contributed by atoms with Gasteiger partial charge in [0.1, 0.15) is 0 Å². The monoisotopic (exact) mass is 330 g/mol. The number of nitrogens with zero attached hydrogens (tertiary/aromatic N) is 1. The maximum atomic E-state index is 5.63. The molecule has 0 amide bonds. The summed E-state index contributed by atoms with van der Waals surface area (Å²) < 4.78 is 0. The lowest BCUT2D eigenvalue weighted by atomic mass is 10.1. The molecule has 3 aromatic rings. The third-order valence-corrected chi connectivity index (χ3v) is 4.38. The normalized spacial score (nSPS) is 10.7. The number of hydrogen-bond acceptors (Lipinski definition) is 2. The quantitative estimate of drug-likeness (QED) is 0.631. The first-order valence-corrected chi connectivity index (χ1v) is 8.90. The van der Waals surface area contributed by atoms with Crippen LogP contribution in [0.2, 0.25) is 0 Å². The molecule has 0 aromatic heterocycles. The molecule has 0 saturated carbocycles. The van der Waals surface area contributed by atoms with E-state index in [1.807, 2.05) is 0 Å². The predicted molar refractivity (Wildman–Crippen MR) is 108 cm³/mol. The molecule has 0 unspecified atom stereocenters. The van der Waals surface area contributed by atoms with E-state index in [1.165, 1.54) is 33.8 Å². The van der Waals surface area contributed by atoms with Gasteiger partial charge in [-0.25, -0.2) is 0 Å². The Balaban J connectivity index is 2.02. The summed E-state index contributed by atoms with van der Waals surface area (Å²) in [5.74, 6) is 0. The van der Waals surface area contributed by atoms with Crippen molar-refractivity contribution in [3.8, 4) is 0 Å². The highest BCUT2D eigenvalue weighted by Gasteiger charge is 2.12. The van der Waals surface area contributed by atoms with Crippen molar-refractivity contribution in [3.63, 3.8) is 0 Å². The molecule has 3 aromatic carbocycles. The molecule has 128 valence electrons. The summed E-state index contributed by atoms with van der Waals surface area (Å²) in [4.78, 5) is 2.31. The van der Waals surface area contributed by atoms with Gasteiger partial charge in [0.2, 0.25) is 0 Å². The number of benzene rings is 3. The summed E-state index contributed by atoms with van der Waals surface area (Å²) in [7, 11) is 0. The lowest BCUT2D eigenvalue weighted by molar-refractivity contribution is 0.832. The van der Waals surface area contributed by atoms with Crippen molar-refractivity contribution in [1.29, 1.82) is 0 Å². The third kappa shape index (κ3) is 4.28. The van der Waals surface area contributed by atoms with Crippen LogP contribution >= 0.6 is 0 Å². The smallest absolute Gasteiger partial charge is 0.0464 e. The first-order chi connectivity index (χ1) is 12.2. The van der Waals surface area contributed by atoms with E-state index in [9.17, 15) is 0 Å². The minimum absolute atomic E-state index is 0.737. The number of aryl methyl sites for hydroxylation is 3.